The first-order valence-corrected chi connectivity index (χ1v) is 10.6. The highest BCUT2D eigenvalue weighted by molar-refractivity contribution is 5.76. The minimum Gasteiger partial charge on any atom is -0.375 e. The fourth-order valence-corrected chi connectivity index (χ4v) is 5.33. The molecule has 28 heavy (non-hydrogen) atoms. The van der Waals surface area contributed by atoms with Gasteiger partial charge in [0.25, 0.3) is 0 Å². The van der Waals surface area contributed by atoms with Crippen molar-refractivity contribution in [3.8, 4) is 0 Å². The predicted molar refractivity (Wildman–Crippen MR) is 105 cm³/mol. The van der Waals surface area contributed by atoms with Crippen molar-refractivity contribution in [2.24, 2.45) is 0 Å². The molecule has 154 valence electrons. The van der Waals surface area contributed by atoms with E-state index in [2.05, 4.69) is 10.00 Å². The van der Waals surface area contributed by atoms with Gasteiger partial charge < -0.3 is 14.5 Å². The van der Waals surface area contributed by atoms with Crippen molar-refractivity contribution in [1.82, 2.24) is 19.6 Å². The average molecular weight is 389 g/mol. The van der Waals surface area contributed by atoms with Gasteiger partial charge in [-0.1, -0.05) is 0 Å². The van der Waals surface area contributed by atoms with E-state index in [1.54, 1.807) is 11.6 Å². The van der Waals surface area contributed by atoms with Crippen molar-refractivity contribution in [3.63, 3.8) is 0 Å². The molecule has 3 fully saturated rings. The normalized spacial score (nSPS) is 28.0. The van der Waals surface area contributed by atoms with Crippen molar-refractivity contribution >= 4 is 11.8 Å². The molecule has 4 rings (SSSR count). The lowest BCUT2D eigenvalue weighted by Crippen LogP contribution is -2.49. The maximum atomic E-state index is 12.6. The fraction of sp³-hybridized carbons (Fsp3) is 0.762. The maximum Gasteiger partial charge on any atom is 0.244 e. The molecule has 0 N–H and O–H groups in total. The number of aromatic nitrogens is 2. The zero-order valence-electron chi connectivity index (χ0n) is 17.3. The molecule has 2 amide bonds. The zero-order valence-corrected chi connectivity index (χ0v) is 17.3. The van der Waals surface area contributed by atoms with Gasteiger partial charge in [0.2, 0.25) is 11.8 Å². The molecule has 0 radical (unpaired) electrons. The molecule has 3 aliphatic heterocycles. The Labute approximate surface area is 167 Å². The van der Waals surface area contributed by atoms with Crippen LogP contribution in [0.15, 0.2) is 6.07 Å². The van der Waals surface area contributed by atoms with Crippen LogP contribution in [0.2, 0.25) is 0 Å². The zero-order chi connectivity index (χ0) is 19.8. The topological polar surface area (TPSA) is 67.7 Å². The van der Waals surface area contributed by atoms with Crippen LogP contribution in [0.1, 0.15) is 56.8 Å². The number of rotatable bonds is 4. The number of carbonyl (C=O) groups excluding carboxylic acids is 2. The van der Waals surface area contributed by atoms with Crippen LogP contribution in [-0.2, 0) is 20.9 Å². The van der Waals surface area contributed by atoms with Crippen LogP contribution >= 0.6 is 0 Å². The van der Waals surface area contributed by atoms with Crippen LogP contribution in [0, 0.1) is 13.8 Å². The molecule has 7 heteroatoms. The first-order valence-electron chi connectivity index (χ1n) is 10.6. The summed E-state index contributed by atoms with van der Waals surface area (Å²) in [5, 5.41) is 4.39. The van der Waals surface area contributed by atoms with E-state index in [1.165, 1.54) is 0 Å². The Morgan fingerprint density at radius 1 is 1.07 bits per heavy atom. The quantitative estimate of drug-likeness (QED) is 0.792. The van der Waals surface area contributed by atoms with Gasteiger partial charge in [0.05, 0.1) is 17.9 Å². The van der Waals surface area contributed by atoms with Crippen LogP contribution < -0.4 is 0 Å². The Morgan fingerprint density at radius 3 is 2.25 bits per heavy atom. The van der Waals surface area contributed by atoms with E-state index in [0.717, 1.165) is 63.0 Å². The summed E-state index contributed by atoms with van der Waals surface area (Å²) < 4.78 is 8.21. The SMILES string of the molecule is CC(=O)N1[C@@H]2CC[C@H]1CC(OC1CCN(C(=O)Cn3nc(C)cc3C)CC1)C2. The van der Waals surface area contributed by atoms with E-state index in [-0.39, 0.29) is 24.0 Å². The lowest BCUT2D eigenvalue weighted by Gasteiger charge is -2.41. The molecule has 1 unspecified atom stereocenters. The number of hydrogen-bond donors (Lipinski definition) is 0. The summed E-state index contributed by atoms with van der Waals surface area (Å²) in [6.07, 6.45) is 6.43. The van der Waals surface area contributed by atoms with Gasteiger partial charge in [0, 0.05) is 37.8 Å². The largest absolute Gasteiger partial charge is 0.375 e. The number of amides is 2. The molecule has 4 heterocycles. The molecule has 2 bridgehead atoms. The number of nitrogens with zero attached hydrogens (tertiary/aromatic N) is 4. The van der Waals surface area contributed by atoms with Crippen LogP contribution in [0.5, 0.6) is 0 Å². The number of hydrogen-bond acceptors (Lipinski definition) is 4. The molecule has 7 nitrogen and oxygen atoms in total. The number of likely N-dealkylation sites (tertiary alicyclic amines) is 1. The van der Waals surface area contributed by atoms with Crippen molar-refractivity contribution in [3.05, 3.63) is 17.5 Å². The van der Waals surface area contributed by atoms with E-state index in [4.69, 9.17) is 4.74 Å². The van der Waals surface area contributed by atoms with Gasteiger partial charge in [-0.15, -0.1) is 0 Å². The number of fused-ring (bicyclic) bond motifs is 2. The number of piperidine rings is 2. The molecule has 1 aromatic rings. The van der Waals surface area contributed by atoms with E-state index < -0.39 is 0 Å². The number of ether oxygens (including phenoxy) is 1. The summed E-state index contributed by atoms with van der Waals surface area (Å²) in [5.74, 6) is 0.345. The van der Waals surface area contributed by atoms with Crippen molar-refractivity contribution in [2.45, 2.75) is 90.1 Å². The van der Waals surface area contributed by atoms with Gasteiger partial charge in [-0.2, -0.15) is 5.10 Å². The summed E-state index contributed by atoms with van der Waals surface area (Å²) >= 11 is 0. The number of carbonyl (C=O) groups is 2. The summed E-state index contributed by atoms with van der Waals surface area (Å²) in [6.45, 7) is 7.44. The van der Waals surface area contributed by atoms with E-state index in [1.807, 2.05) is 24.8 Å². The highest BCUT2D eigenvalue weighted by Gasteiger charge is 2.43. The summed E-state index contributed by atoms with van der Waals surface area (Å²) in [5.41, 5.74) is 1.97. The van der Waals surface area contributed by atoms with Crippen molar-refractivity contribution < 1.29 is 14.3 Å². The Bertz CT molecular complexity index is 724. The van der Waals surface area contributed by atoms with Gasteiger partial charge in [-0.25, -0.2) is 0 Å². The van der Waals surface area contributed by atoms with Gasteiger partial charge in [-0.05, 0) is 58.4 Å². The first-order chi connectivity index (χ1) is 13.4. The smallest absolute Gasteiger partial charge is 0.244 e. The lowest BCUT2D eigenvalue weighted by molar-refractivity contribution is -0.140. The Morgan fingerprint density at radius 2 is 1.71 bits per heavy atom. The molecule has 3 saturated heterocycles. The van der Waals surface area contributed by atoms with E-state index >= 15 is 0 Å². The second kappa shape index (κ2) is 7.85. The molecule has 3 aliphatic rings. The molecular formula is C21H32N4O3. The molecule has 3 atom stereocenters. The summed E-state index contributed by atoms with van der Waals surface area (Å²) in [7, 11) is 0. The molecule has 0 saturated carbocycles. The Balaban J connectivity index is 1.24. The van der Waals surface area contributed by atoms with Gasteiger partial charge in [-0.3, -0.25) is 14.3 Å². The predicted octanol–water partition coefficient (Wildman–Crippen LogP) is 2.05. The third kappa shape index (κ3) is 3.95. The van der Waals surface area contributed by atoms with E-state index in [0.29, 0.717) is 18.6 Å². The fourth-order valence-electron chi connectivity index (χ4n) is 5.33. The summed E-state index contributed by atoms with van der Waals surface area (Å²) in [6, 6.07) is 2.73. The van der Waals surface area contributed by atoms with Crippen LogP contribution in [-0.4, -0.2) is 68.8 Å². The molecule has 0 aromatic carbocycles. The minimum atomic E-state index is 0.137. The van der Waals surface area contributed by atoms with Gasteiger partial charge >= 0.3 is 0 Å². The maximum absolute atomic E-state index is 12.6. The van der Waals surface area contributed by atoms with Gasteiger partial charge in [0.15, 0.2) is 0 Å². The van der Waals surface area contributed by atoms with Gasteiger partial charge in [0.1, 0.15) is 6.54 Å². The summed E-state index contributed by atoms with van der Waals surface area (Å²) in [4.78, 5) is 28.5. The Hall–Kier alpha value is -1.89. The van der Waals surface area contributed by atoms with Crippen molar-refractivity contribution in [1.29, 1.82) is 0 Å². The minimum absolute atomic E-state index is 0.137. The third-order valence-corrected chi connectivity index (χ3v) is 6.62. The van der Waals surface area contributed by atoms with Crippen LogP contribution in [0.25, 0.3) is 0 Å². The molecular weight excluding hydrogens is 356 g/mol. The lowest BCUT2D eigenvalue weighted by atomic mass is 9.98. The van der Waals surface area contributed by atoms with E-state index in [9.17, 15) is 9.59 Å². The van der Waals surface area contributed by atoms with Crippen LogP contribution in [0.4, 0.5) is 0 Å². The highest BCUT2D eigenvalue weighted by atomic mass is 16.5. The highest BCUT2D eigenvalue weighted by Crippen LogP contribution is 2.37. The monoisotopic (exact) mass is 388 g/mol. The van der Waals surface area contributed by atoms with Crippen LogP contribution in [0.3, 0.4) is 0 Å². The second-order valence-corrected chi connectivity index (χ2v) is 8.71. The molecule has 0 aliphatic carbocycles. The average Bonchev–Trinajstić information content (AvgIpc) is 3.11. The molecule has 1 aromatic heterocycles. The molecule has 0 spiro atoms. The second-order valence-electron chi connectivity index (χ2n) is 8.71. The van der Waals surface area contributed by atoms with Crippen molar-refractivity contribution in [2.75, 3.05) is 13.1 Å². The Kier molecular flexibility index (Phi) is 5.45. The standard InChI is InChI=1S/C21H32N4O3/c1-14-10-15(2)24(22-14)13-21(27)23-8-6-19(7-9-23)28-20-11-17-4-5-18(12-20)25(17)16(3)26/h10,17-20H,4-9,11-13H2,1-3H3/t17-,18+,20?. The third-order valence-electron chi connectivity index (χ3n) is 6.62. The first kappa shape index (κ1) is 19.4. The number of aryl methyl sites for hydroxylation is 2.